The Hall–Kier alpha value is -1.06. The molecule has 0 radical (unpaired) electrons. The first-order valence-corrected chi connectivity index (χ1v) is 4.46. The first kappa shape index (κ1) is 10.0. The fourth-order valence-electron chi connectivity index (χ4n) is 1.40. The molecule has 0 N–H and O–H groups in total. The molecule has 0 aromatic carbocycles. The summed E-state index contributed by atoms with van der Waals surface area (Å²) in [5.41, 5.74) is 0. The number of rotatable bonds is 2. The van der Waals surface area contributed by atoms with Gasteiger partial charge in [-0.05, 0) is 6.42 Å². The highest BCUT2D eigenvalue weighted by molar-refractivity contribution is 5.90. The van der Waals surface area contributed by atoms with Crippen LogP contribution in [0.1, 0.15) is 20.3 Å². The number of ether oxygens (including phenoxy) is 1. The number of ketones is 1. The summed E-state index contributed by atoms with van der Waals surface area (Å²) >= 11 is 0. The Balaban J connectivity index is 2.54. The Labute approximate surface area is 77.8 Å². The summed E-state index contributed by atoms with van der Waals surface area (Å²) in [7, 11) is 1.33. The third kappa shape index (κ3) is 1.82. The van der Waals surface area contributed by atoms with E-state index in [-0.39, 0.29) is 17.7 Å². The predicted octanol–water partition coefficient (Wildman–Crippen LogP) is 1.05. The summed E-state index contributed by atoms with van der Waals surface area (Å²) in [4.78, 5) is 24.1. The maximum Gasteiger partial charge on any atom is 0.410 e. The average Bonchev–Trinajstić information content (AvgIpc) is 2.01. The summed E-state index contributed by atoms with van der Waals surface area (Å²) in [5, 5.41) is 0. The molecule has 13 heavy (non-hydrogen) atoms. The minimum atomic E-state index is -0.398. The minimum Gasteiger partial charge on any atom is -0.453 e. The summed E-state index contributed by atoms with van der Waals surface area (Å²) in [6, 6.07) is -0.243. The van der Waals surface area contributed by atoms with E-state index in [0.29, 0.717) is 6.54 Å². The Morgan fingerprint density at radius 2 is 2.08 bits per heavy atom. The van der Waals surface area contributed by atoms with Gasteiger partial charge in [0.25, 0.3) is 0 Å². The van der Waals surface area contributed by atoms with Gasteiger partial charge in [-0.15, -0.1) is 0 Å². The van der Waals surface area contributed by atoms with Crippen molar-refractivity contribution in [3.63, 3.8) is 0 Å². The molecule has 1 aliphatic rings. The van der Waals surface area contributed by atoms with E-state index in [1.54, 1.807) is 0 Å². The topological polar surface area (TPSA) is 46.6 Å². The van der Waals surface area contributed by atoms with Gasteiger partial charge in [-0.2, -0.15) is 0 Å². The molecule has 0 saturated carbocycles. The SMILES string of the molecule is COC(=O)N1CC[C@H]1C(=O)C(C)C. The molecule has 1 fully saturated rings. The van der Waals surface area contributed by atoms with Crippen LogP contribution in [-0.4, -0.2) is 36.5 Å². The lowest BCUT2D eigenvalue weighted by Gasteiger charge is -2.39. The standard InChI is InChI=1S/C9H15NO3/c1-6(2)8(11)7-4-5-10(7)9(12)13-3/h6-7H,4-5H2,1-3H3/t7-/m0/s1. The van der Waals surface area contributed by atoms with Gasteiger partial charge >= 0.3 is 6.09 Å². The van der Waals surface area contributed by atoms with E-state index in [1.807, 2.05) is 13.8 Å². The van der Waals surface area contributed by atoms with Crippen LogP contribution in [-0.2, 0) is 9.53 Å². The van der Waals surface area contributed by atoms with Crippen LogP contribution in [0, 0.1) is 5.92 Å². The third-order valence-corrected chi connectivity index (χ3v) is 2.33. The van der Waals surface area contributed by atoms with Crippen LogP contribution in [0.2, 0.25) is 0 Å². The van der Waals surface area contributed by atoms with Crippen molar-refractivity contribution < 1.29 is 14.3 Å². The van der Waals surface area contributed by atoms with E-state index >= 15 is 0 Å². The fraction of sp³-hybridized carbons (Fsp3) is 0.778. The monoisotopic (exact) mass is 185 g/mol. The lowest BCUT2D eigenvalue weighted by Crippen LogP contribution is -2.56. The second-order valence-electron chi connectivity index (χ2n) is 3.52. The van der Waals surface area contributed by atoms with Crippen LogP contribution >= 0.6 is 0 Å². The van der Waals surface area contributed by atoms with E-state index in [4.69, 9.17) is 0 Å². The summed E-state index contributed by atoms with van der Waals surface area (Å²) in [6.07, 6.45) is 0.372. The number of hydrogen-bond acceptors (Lipinski definition) is 3. The van der Waals surface area contributed by atoms with Crippen LogP contribution in [0.15, 0.2) is 0 Å². The van der Waals surface area contributed by atoms with Crippen molar-refractivity contribution in [2.45, 2.75) is 26.3 Å². The summed E-state index contributed by atoms with van der Waals surface area (Å²) < 4.78 is 4.55. The van der Waals surface area contributed by atoms with E-state index < -0.39 is 6.09 Å². The molecule has 4 heteroatoms. The second kappa shape index (κ2) is 3.77. The molecule has 1 rings (SSSR count). The summed E-state index contributed by atoms with van der Waals surface area (Å²) in [6.45, 7) is 4.32. The van der Waals surface area contributed by atoms with Gasteiger partial charge in [0.1, 0.15) is 0 Å². The smallest absolute Gasteiger partial charge is 0.410 e. The van der Waals surface area contributed by atoms with Crippen molar-refractivity contribution in [2.75, 3.05) is 13.7 Å². The number of methoxy groups -OCH3 is 1. The van der Waals surface area contributed by atoms with Gasteiger partial charge in [-0.25, -0.2) is 4.79 Å². The molecule has 0 spiro atoms. The molecule has 1 saturated heterocycles. The maximum atomic E-state index is 11.5. The first-order valence-electron chi connectivity index (χ1n) is 4.46. The molecule has 0 aliphatic carbocycles. The van der Waals surface area contributed by atoms with Crippen LogP contribution in [0.25, 0.3) is 0 Å². The zero-order valence-electron chi connectivity index (χ0n) is 8.24. The normalized spacial score (nSPS) is 21.2. The lowest BCUT2D eigenvalue weighted by atomic mass is 9.92. The van der Waals surface area contributed by atoms with Gasteiger partial charge in [-0.1, -0.05) is 13.8 Å². The first-order chi connectivity index (χ1) is 6.07. The van der Waals surface area contributed by atoms with Crippen molar-refractivity contribution >= 4 is 11.9 Å². The molecular weight excluding hydrogens is 170 g/mol. The highest BCUT2D eigenvalue weighted by Crippen LogP contribution is 2.21. The number of likely N-dealkylation sites (tertiary alicyclic amines) is 1. The molecule has 1 atom stereocenters. The van der Waals surface area contributed by atoms with Gasteiger partial charge in [0.15, 0.2) is 5.78 Å². The lowest BCUT2D eigenvalue weighted by molar-refractivity contribution is -0.130. The van der Waals surface area contributed by atoms with Crippen molar-refractivity contribution in [1.82, 2.24) is 4.90 Å². The zero-order valence-corrected chi connectivity index (χ0v) is 8.24. The van der Waals surface area contributed by atoms with Crippen molar-refractivity contribution in [2.24, 2.45) is 5.92 Å². The number of nitrogens with zero attached hydrogens (tertiary/aromatic N) is 1. The van der Waals surface area contributed by atoms with Gasteiger partial charge in [0.05, 0.1) is 13.2 Å². The zero-order chi connectivity index (χ0) is 10.0. The number of carbonyl (C=O) groups excluding carboxylic acids is 2. The van der Waals surface area contributed by atoms with E-state index in [9.17, 15) is 9.59 Å². The Morgan fingerprint density at radius 1 is 1.46 bits per heavy atom. The van der Waals surface area contributed by atoms with Gasteiger partial charge < -0.3 is 4.74 Å². The van der Waals surface area contributed by atoms with Gasteiger partial charge in [-0.3, -0.25) is 9.69 Å². The van der Waals surface area contributed by atoms with E-state index in [2.05, 4.69) is 4.74 Å². The van der Waals surface area contributed by atoms with Gasteiger partial charge in [0, 0.05) is 12.5 Å². The van der Waals surface area contributed by atoms with Crippen LogP contribution in [0.4, 0.5) is 4.79 Å². The average molecular weight is 185 g/mol. The Kier molecular flexibility index (Phi) is 2.90. The molecule has 74 valence electrons. The highest BCUT2D eigenvalue weighted by Gasteiger charge is 2.38. The second-order valence-corrected chi connectivity index (χ2v) is 3.52. The molecule has 0 aromatic rings. The van der Waals surface area contributed by atoms with Gasteiger partial charge in [0.2, 0.25) is 0 Å². The molecule has 1 aliphatic heterocycles. The number of hydrogen-bond donors (Lipinski definition) is 0. The third-order valence-electron chi connectivity index (χ3n) is 2.33. The van der Waals surface area contributed by atoms with Crippen LogP contribution in [0.5, 0.6) is 0 Å². The molecule has 1 heterocycles. The molecule has 0 unspecified atom stereocenters. The van der Waals surface area contributed by atoms with Crippen molar-refractivity contribution in [3.05, 3.63) is 0 Å². The molecule has 0 aromatic heterocycles. The maximum absolute atomic E-state index is 11.5. The van der Waals surface area contributed by atoms with Crippen molar-refractivity contribution in [1.29, 1.82) is 0 Å². The Morgan fingerprint density at radius 3 is 2.38 bits per heavy atom. The predicted molar refractivity (Wildman–Crippen MR) is 47.4 cm³/mol. The molecule has 4 nitrogen and oxygen atoms in total. The van der Waals surface area contributed by atoms with E-state index in [1.165, 1.54) is 12.0 Å². The molecule has 0 bridgehead atoms. The molecular formula is C9H15NO3. The number of amides is 1. The Bertz CT molecular complexity index is 225. The summed E-state index contributed by atoms with van der Waals surface area (Å²) in [5.74, 6) is 0.106. The van der Waals surface area contributed by atoms with Crippen LogP contribution in [0.3, 0.4) is 0 Å². The van der Waals surface area contributed by atoms with Crippen molar-refractivity contribution in [3.8, 4) is 0 Å². The number of Topliss-reactive ketones (excluding diaryl/α,β-unsaturated/α-hetero) is 1. The largest absolute Gasteiger partial charge is 0.453 e. The van der Waals surface area contributed by atoms with E-state index in [0.717, 1.165) is 6.42 Å². The fourth-order valence-corrected chi connectivity index (χ4v) is 1.40. The molecule has 1 amide bonds. The van der Waals surface area contributed by atoms with Crippen LogP contribution < -0.4 is 0 Å². The highest BCUT2D eigenvalue weighted by atomic mass is 16.5. The number of carbonyl (C=O) groups is 2. The quantitative estimate of drug-likeness (QED) is 0.646. The minimum absolute atomic E-state index is 0.0162.